The van der Waals surface area contributed by atoms with Crippen LogP contribution in [0, 0.1) is 5.92 Å². The van der Waals surface area contributed by atoms with Crippen LogP contribution in [0.25, 0.3) is 0 Å². The van der Waals surface area contributed by atoms with Gasteiger partial charge in [0.25, 0.3) is 0 Å². The molecule has 1 saturated carbocycles. The Morgan fingerprint density at radius 3 is 2.96 bits per heavy atom. The Kier molecular flexibility index (Phi) is 5.10. The van der Waals surface area contributed by atoms with E-state index in [1.165, 1.54) is 12.8 Å². The van der Waals surface area contributed by atoms with Crippen LogP contribution in [0.15, 0.2) is 18.2 Å². The molecule has 6 nitrogen and oxygen atoms in total. The van der Waals surface area contributed by atoms with Crippen molar-refractivity contribution in [2.75, 3.05) is 33.0 Å². The van der Waals surface area contributed by atoms with E-state index in [2.05, 4.69) is 12.2 Å². The first-order valence-corrected chi connectivity index (χ1v) is 8.31. The molecule has 0 aromatic heterocycles. The van der Waals surface area contributed by atoms with Crippen LogP contribution in [0.3, 0.4) is 0 Å². The smallest absolute Gasteiger partial charge is 0.317 e. The molecular formula is C17H24N2O4. The summed E-state index contributed by atoms with van der Waals surface area (Å²) in [6.45, 7) is 4.94. The molecular weight excluding hydrogens is 296 g/mol. The van der Waals surface area contributed by atoms with Gasteiger partial charge in [0.15, 0.2) is 11.5 Å². The number of carbonyl (C=O) groups is 1. The minimum absolute atomic E-state index is 0.00744. The molecule has 6 heteroatoms. The number of benzene rings is 1. The number of amides is 2. The number of fused-ring (bicyclic) bond motifs is 1. The molecule has 23 heavy (non-hydrogen) atoms. The number of rotatable bonds is 8. The molecule has 2 aliphatic rings. The van der Waals surface area contributed by atoms with E-state index in [4.69, 9.17) is 14.2 Å². The molecule has 2 amide bonds. The number of ether oxygens (including phenoxy) is 3. The van der Waals surface area contributed by atoms with E-state index >= 15 is 0 Å². The second-order valence-corrected chi connectivity index (χ2v) is 5.98. The van der Waals surface area contributed by atoms with Crippen LogP contribution in [-0.2, 0) is 0 Å². The van der Waals surface area contributed by atoms with E-state index in [0.717, 1.165) is 25.3 Å². The van der Waals surface area contributed by atoms with Crippen LogP contribution in [0.1, 0.15) is 26.2 Å². The Bertz CT molecular complexity index is 545. The zero-order chi connectivity index (χ0) is 16.1. The van der Waals surface area contributed by atoms with Crippen molar-refractivity contribution in [2.45, 2.75) is 26.2 Å². The maximum Gasteiger partial charge on any atom is 0.317 e. The van der Waals surface area contributed by atoms with Crippen molar-refractivity contribution in [3.63, 3.8) is 0 Å². The lowest BCUT2D eigenvalue weighted by Crippen LogP contribution is -2.42. The van der Waals surface area contributed by atoms with Gasteiger partial charge in [-0.3, -0.25) is 0 Å². The highest BCUT2D eigenvalue weighted by atomic mass is 16.7. The van der Waals surface area contributed by atoms with Crippen molar-refractivity contribution >= 4 is 6.03 Å². The van der Waals surface area contributed by atoms with Crippen molar-refractivity contribution in [3.05, 3.63) is 18.2 Å². The van der Waals surface area contributed by atoms with Crippen LogP contribution in [-0.4, -0.2) is 44.0 Å². The molecule has 0 radical (unpaired) electrons. The van der Waals surface area contributed by atoms with E-state index in [0.29, 0.717) is 30.6 Å². The van der Waals surface area contributed by atoms with Crippen LogP contribution in [0.5, 0.6) is 17.2 Å². The van der Waals surface area contributed by atoms with Gasteiger partial charge in [0, 0.05) is 19.2 Å². The average molecular weight is 320 g/mol. The fraction of sp³-hybridized carbons (Fsp3) is 0.588. The van der Waals surface area contributed by atoms with Crippen molar-refractivity contribution in [3.8, 4) is 17.2 Å². The Hall–Kier alpha value is -2.11. The second kappa shape index (κ2) is 7.44. The Labute approximate surface area is 136 Å². The van der Waals surface area contributed by atoms with Gasteiger partial charge in [-0.25, -0.2) is 4.79 Å². The third-order valence-electron chi connectivity index (χ3n) is 3.95. The molecule has 1 aliphatic heterocycles. The van der Waals surface area contributed by atoms with Crippen LogP contribution in [0.4, 0.5) is 4.79 Å². The third-order valence-corrected chi connectivity index (χ3v) is 3.95. The number of nitrogens with one attached hydrogen (secondary N) is 1. The summed E-state index contributed by atoms with van der Waals surface area (Å²) in [6.07, 6.45) is 3.48. The lowest BCUT2D eigenvalue weighted by molar-refractivity contribution is 0.173. The fourth-order valence-electron chi connectivity index (χ4n) is 2.56. The molecule has 1 aromatic rings. The van der Waals surface area contributed by atoms with Crippen LogP contribution >= 0.6 is 0 Å². The maximum absolute atomic E-state index is 12.2. The highest BCUT2D eigenvalue weighted by Crippen LogP contribution is 2.35. The first-order chi connectivity index (χ1) is 11.3. The molecule has 0 atom stereocenters. The first-order valence-electron chi connectivity index (χ1n) is 8.31. The summed E-state index contributed by atoms with van der Waals surface area (Å²) in [5.41, 5.74) is 0. The largest absolute Gasteiger partial charge is 0.492 e. The highest BCUT2D eigenvalue weighted by molar-refractivity contribution is 5.74. The van der Waals surface area contributed by atoms with Crippen LogP contribution < -0.4 is 19.5 Å². The van der Waals surface area contributed by atoms with E-state index in [1.54, 1.807) is 6.07 Å². The molecule has 0 spiro atoms. The van der Waals surface area contributed by atoms with Gasteiger partial charge >= 0.3 is 6.03 Å². The summed E-state index contributed by atoms with van der Waals surface area (Å²) in [6, 6.07) is 5.48. The number of hydrogen-bond donors (Lipinski definition) is 1. The summed E-state index contributed by atoms with van der Waals surface area (Å²) in [4.78, 5) is 14.1. The van der Waals surface area contributed by atoms with Crippen molar-refractivity contribution < 1.29 is 19.0 Å². The topological polar surface area (TPSA) is 60.0 Å². The Morgan fingerprint density at radius 1 is 1.35 bits per heavy atom. The molecule has 0 unspecified atom stereocenters. The molecule has 0 saturated heterocycles. The molecule has 1 N–H and O–H groups in total. The third kappa shape index (κ3) is 4.43. The van der Waals surface area contributed by atoms with Gasteiger partial charge in [-0.05, 0) is 37.3 Å². The Morgan fingerprint density at radius 2 is 2.17 bits per heavy atom. The fourth-order valence-corrected chi connectivity index (χ4v) is 2.56. The molecule has 126 valence electrons. The van der Waals surface area contributed by atoms with E-state index in [1.807, 2.05) is 17.0 Å². The summed E-state index contributed by atoms with van der Waals surface area (Å²) < 4.78 is 16.2. The summed E-state index contributed by atoms with van der Waals surface area (Å²) >= 11 is 0. The number of carbonyl (C=O) groups excluding carboxylic acids is 1. The normalized spacial score (nSPS) is 15.3. The van der Waals surface area contributed by atoms with Gasteiger partial charge in [0.2, 0.25) is 6.79 Å². The van der Waals surface area contributed by atoms with Crippen molar-refractivity contribution in [2.24, 2.45) is 5.92 Å². The summed E-state index contributed by atoms with van der Waals surface area (Å²) in [7, 11) is 0. The predicted octanol–water partition coefficient (Wildman–Crippen LogP) is 2.63. The standard InChI is InChI=1S/C17H24N2O4/c1-2-8-19(11-13-3-4-13)17(20)18-7-9-21-14-5-6-15-16(10-14)23-12-22-15/h5-6,10,13H,2-4,7-9,11-12H2,1H3,(H,18,20). The molecule has 1 fully saturated rings. The molecule has 1 aliphatic carbocycles. The van der Waals surface area contributed by atoms with Gasteiger partial charge in [0.1, 0.15) is 12.4 Å². The lowest BCUT2D eigenvalue weighted by atomic mass is 10.3. The summed E-state index contributed by atoms with van der Waals surface area (Å²) in [5, 5.41) is 2.93. The minimum Gasteiger partial charge on any atom is -0.492 e. The van der Waals surface area contributed by atoms with Crippen molar-refractivity contribution in [1.82, 2.24) is 10.2 Å². The highest BCUT2D eigenvalue weighted by Gasteiger charge is 2.26. The molecule has 1 aromatic carbocycles. The van der Waals surface area contributed by atoms with E-state index in [-0.39, 0.29) is 12.8 Å². The van der Waals surface area contributed by atoms with Gasteiger partial charge < -0.3 is 24.4 Å². The predicted molar refractivity (Wildman–Crippen MR) is 86.0 cm³/mol. The van der Waals surface area contributed by atoms with E-state index in [9.17, 15) is 4.79 Å². The SMILES string of the molecule is CCCN(CC1CC1)C(=O)NCCOc1ccc2c(c1)OCO2. The quantitative estimate of drug-likeness (QED) is 0.748. The van der Waals surface area contributed by atoms with Crippen molar-refractivity contribution in [1.29, 1.82) is 0 Å². The zero-order valence-electron chi connectivity index (χ0n) is 13.5. The minimum atomic E-state index is 0.00744. The molecule has 1 heterocycles. The number of hydrogen-bond acceptors (Lipinski definition) is 4. The zero-order valence-corrected chi connectivity index (χ0v) is 13.5. The second-order valence-electron chi connectivity index (χ2n) is 5.98. The monoisotopic (exact) mass is 320 g/mol. The first kappa shape index (κ1) is 15.8. The Balaban J connectivity index is 1.39. The van der Waals surface area contributed by atoms with Gasteiger partial charge in [-0.1, -0.05) is 6.92 Å². The maximum atomic E-state index is 12.2. The lowest BCUT2D eigenvalue weighted by Gasteiger charge is -2.22. The summed E-state index contributed by atoms with van der Waals surface area (Å²) in [5.74, 6) is 2.86. The number of urea groups is 1. The number of nitrogens with zero attached hydrogens (tertiary/aromatic N) is 1. The van der Waals surface area contributed by atoms with Crippen LogP contribution in [0.2, 0.25) is 0 Å². The van der Waals surface area contributed by atoms with E-state index < -0.39 is 0 Å². The van der Waals surface area contributed by atoms with Gasteiger partial charge in [-0.15, -0.1) is 0 Å². The molecule has 0 bridgehead atoms. The van der Waals surface area contributed by atoms with Gasteiger partial charge in [0.05, 0.1) is 6.54 Å². The van der Waals surface area contributed by atoms with Gasteiger partial charge in [-0.2, -0.15) is 0 Å². The molecule has 3 rings (SSSR count). The average Bonchev–Trinajstić information content (AvgIpc) is 3.25.